The van der Waals surface area contributed by atoms with E-state index in [1.807, 2.05) is 18.0 Å². The van der Waals surface area contributed by atoms with E-state index in [0.717, 1.165) is 49.6 Å². The van der Waals surface area contributed by atoms with Crippen LogP contribution in [0, 0.1) is 12.8 Å². The minimum absolute atomic E-state index is 0.0806. The molecule has 7 heteroatoms. The molecule has 2 aliphatic heterocycles. The number of amides is 1. The maximum atomic E-state index is 13.2. The van der Waals surface area contributed by atoms with Gasteiger partial charge in [0.25, 0.3) is 0 Å². The van der Waals surface area contributed by atoms with Crippen LogP contribution >= 0.6 is 0 Å². The number of aryl methyl sites for hydroxylation is 1. The molecule has 0 unspecified atom stereocenters. The zero-order valence-electron chi connectivity index (χ0n) is 20.4. The Morgan fingerprint density at radius 1 is 1.21 bits per heavy atom. The van der Waals surface area contributed by atoms with Crippen molar-refractivity contribution in [1.29, 1.82) is 0 Å². The molecule has 3 heterocycles. The van der Waals surface area contributed by atoms with E-state index in [9.17, 15) is 9.90 Å². The Balaban J connectivity index is 1.34. The molecule has 2 bridgehead atoms. The van der Waals surface area contributed by atoms with Crippen molar-refractivity contribution in [3.63, 3.8) is 0 Å². The van der Waals surface area contributed by atoms with Crippen LogP contribution in [-0.4, -0.2) is 75.5 Å². The van der Waals surface area contributed by atoms with Gasteiger partial charge in [-0.05, 0) is 86.7 Å². The molecule has 1 aromatic heterocycles. The molecule has 7 nitrogen and oxygen atoms in total. The van der Waals surface area contributed by atoms with E-state index in [1.165, 1.54) is 24.0 Å². The SMILES string of the molecule is COc1ccc2c(c1)[C@@]13CCN(C(=O)Cn4cc(C)cn4)CC[C@@]1(O)[C@@H](C2)N(CC1CC1)CC3. The first-order valence-electron chi connectivity index (χ1n) is 12.8. The lowest BCUT2D eigenvalue weighted by Gasteiger charge is -2.61. The number of carbonyl (C=O) groups is 1. The lowest BCUT2D eigenvalue weighted by Crippen LogP contribution is -2.71. The third-order valence-corrected chi connectivity index (χ3v) is 9.07. The number of rotatable bonds is 5. The highest BCUT2D eigenvalue weighted by Gasteiger charge is 2.63. The second-order valence-electron chi connectivity index (χ2n) is 11.0. The van der Waals surface area contributed by atoms with Crippen LogP contribution in [0.5, 0.6) is 5.75 Å². The summed E-state index contributed by atoms with van der Waals surface area (Å²) in [6.45, 7) is 5.59. The molecule has 3 atom stereocenters. The Morgan fingerprint density at radius 2 is 2.00 bits per heavy atom. The number of nitrogens with zero attached hydrogens (tertiary/aromatic N) is 4. The van der Waals surface area contributed by atoms with Crippen molar-refractivity contribution in [3.05, 3.63) is 47.3 Å². The second kappa shape index (κ2) is 8.09. The summed E-state index contributed by atoms with van der Waals surface area (Å²) in [7, 11) is 1.71. The molecular weight excluding hydrogens is 428 g/mol. The molecule has 182 valence electrons. The highest BCUT2D eigenvalue weighted by molar-refractivity contribution is 5.76. The highest BCUT2D eigenvalue weighted by Crippen LogP contribution is 2.56. The molecule has 3 fully saturated rings. The van der Waals surface area contributed by atoms with Crippen LogP contribution in [0.25, 0.3) is 0 Å². The lowest BCUT2D eigenvalue weighted by atomic mass is 9.52. The number of methoxy groups -OCH3 is 1. The van der Waals surface area contributed by atoms with Crippen molar-refractivity contribution in [1.82, 2.24) is 19.6 Å². The zero-order chi connectivity index (χ0) is 23.5. The Morgan fingerprint density at radius 3 is 2.74 bits per heavy atom. The zero-order valence-corrected chi connectivity index (χ0v) is 20.4. The van der Waals surface area contributed by atoms with Crippen molar-refractivity contribution in [2.24, 2.45) is 5.92 Å². The summed E-state index contributed by atoms with van der Waals surface area (Å²) in [5.41, 5.74) is 2.43. The number of hydrogen-bond donors (Lipinski definition) is 1. The number of hydrogen-bond acceptors (Lipinski definition) is 5. The summed E-state index contributed by atoms with van der Waals surface area (Å²) in [4.78, 5) is 17.8. The minimum Gasteiger partial charge on any atom is -0.497 e. The van der Waals surface area contributed by atoms with Crippen molar-refractivity contribution < 1.29 is 14.6 Å². The van der Waals surface area contributed by atoms with Crippen LogP contribution in [-0.2, 0) is 23.2 Å². The van der Waals surface area contributed by atoms with Crippen LogP contribution in [0.2, 0.25) is 0 Å². The molecule has 1 N–H and O–H groups in total. The van der Waals surface area contributed by atoms with E-state index in [1.54, 1.807) is 18.0 Å². The van der Waals surface area contributed by atoms with Crippen molar-refractivity contribution in [2.75, 3.05) is 33.3 Å². The minimum atomic E-state index is -0.850. The number of fused-ring (bicyclic) bond motifs is 1. The molecule has 1 aromatic carbocycles. The first-order chi connectivity index (χ1) is 16.4. The van der Waals surface area contributed by atoms with Gasteiger partial charge in [0.15, 0.2) is 0 Å². The maximum absolute atomic E-state index is 13.2. The predicted octanol–water partition coefficient (Wildman–Crippen LogP) is 2.53. The van der Waals surface area contributed by atoms with Crippen LogP contribution in [0.4, 0.5) is 0 Å². The molecule has 6 rings (SSSR count). The third-order valence-electron chi connectivity index (χ3n) is 9.07. The lowest BCUT2D eigenvalue weighted by molar-refractivity contribution is -0.149. The van der Waals surface area contributed by atoms with Crippen molar-refractivity contribution >= 4 is 5.91 Å². The van der Waals surface area contributed by atoms with E-state index in [2.05, 4.69) is 28.2 Å². The average Bonchev–Trinajstić information content (AvgIpc) is 3.58. The van der Waals surface area contributed by atoms with Gasteiger partial charge in [-0.25, -0.2) is 0 Å². The molecule has 0 radical (unpaired) electrons. The Kier molecular flexibility index (Phi) is 5.26. The summed E-state index contributed by atoms with van der Waals surface area (Å²) >= 11 is 0. The standard InChI is InChI=1S/C27H36N4O3/c1-19-15-28-31(16-19)18-25(32)29-10-7-26-8-11-30(17-20-3-4-20)24(27(26,33)9-12-29)13-21-5-6-22(34-2)14-23(21)26/h5-6,14-16,20,24,33H,3-4,7-13,17-18H2,1-2H3/t24-,26+,27-/m1/s1. The number of benzene rings is 1. The molecule has 4 aliphatic rings. The van der Waals surface area contributed by atoms with Crippen LogP contribution < -0.4 is 4.74 Å². The first-order valence-corrected chi connectivity index (χ1v) is 12.8. The van der Waals surface area contributed by atoms with Crippen LogP contribution in [0.3, 0.4) is 0 Å². The van der Waals surface area contributed by atoms with Gasteiger partial charge >= 0.3 is 0 Å². The molecule has 0 spiro atoms. The number of aliphatic hydroxyl groups is 1. The molecule has 2 saturated heterocycles. The van der Waals surface area contributed by atoms with Gasteiger partial charge in [-0.3, -0.25) is 14.4 Å². The van der Waals surface area contributed by atoms with Crippen molar-refractivity contribution in [2.45, 2.75) is 69.1 Å². The van der Waals surface area contributed by atoms with Gasteiger partial charge < -0.3 is 14.7 Å². The highest BCUT2D eigenvalue weighted by atomic mass is 16.5. The van der Waals surface area contributed by atoms with Gasteiger partial charge in [-0.1, -0.05) is 6.07 Å². The van der Waals surface area contributed by atoms with E-state index >= 15 is 0 Å². The van der Waals surface area contributed by atoms with Gasteiger partial charge in [-0.15, -0.1) is 0 Å². The molecular formula is C27H36N4O3. The number of aromatic nitrogens is 2. The monoisotopic (exact) mass is 464 g/mol. The van der Waals surface area contributed by atoms with Crippen LogP contribution in [0.15, 0.2) is 30.6 Å². The fourth-order valence-electron chi connectivity index (χ4n) is 7.02. The topological polar surface area (TPSA) is 70.8 Å². The Bertz CT molecular complexity index is 1100. The largest absolute Gasteiger partial charge is 0.497 e. The third kappa shape index (κ3) is 3.47. The predicted molar refractivity (Wildman–Crippen MR) is 129 cm³/mol. The molecule has 2 aromatic rings. The number of ether oxygens (including phenoxy) is 1. The summed E-state index contributed by atoms with van der Waals surface area (Å²) < 4.78 is 7.32. The summed E-state index contributed by atoms with van der Waals surface area (Å²) in [6, 6.07) is 6.53. The van der Waals surface area contributed by atoms with Gasteiger partial charge in [0, 0.05) is 37.3 Å². The smallest absolute Gasteiger partial charge is 0.244 e. The van der Waals surface area contributed by atoms with Gasteiger partial charge in [0.1, 0.15) is 12.3 Å². The number of likely N-dealkylation sites (tertiary alicyclic amines) is 2. The maximum Gasteiger partial charge on any atom is 0.244 e. The molecule has 1 saturated carbocycles. The fourth-order valence-corrected chi connectivity index (χ4v) is 7.02. The summed E-state index contributed by atoms with van der Waals surface area (Å²) in [5.74, 6) is 1.72. The Hall–Kier alpha value is -2.38. The molecule has 34 heavy (non-hydrogen) atoms. The van der Waals surface area contributed by atoms with Crippen LogP contribution in [0.1, 0.15) is 48.8 Å². The average molecular weight is 465 g/mol. The molecule has 1 amide bonds. The van der Waals surface area contributed by atoms with E-state index in [0.29, 0.717) is 19.5 Å². The summed E-state index contributed by atoms with van der Waals surface area (Å²) in [5, 5.41) is 16.9. The second-order valence-corrected chi connectivity index (χ2v) is 11.0. The quantitative estimate of drug-likeness (QED) is 0.736. The Labute approximate surface area is 201 Å². The van der Waals surface area contributed by atoms with E-state index < -0.39 is 5.60 Å². The van der Waals surface area contributed by atoms with Gasteiger partial charge in [-0.2, -0.15) is 5.10 Å². The van der Waals surface area contributed by atoms with Gasteiger partial charge in [0.05, 0.1) is 18.9 Å². The first kappa shape index (κ1) is 22.1. The summed E-state index contributed by atoms with van der Waals surface area (Å²) in [6.07, 6.45) is 9.51. The number of piperidine rings is 1. The van der Waals surface area contributed by atoms with E-state index in [4.69, 9.17) is 4.74 Å². The van der Waals surface area contributed by atoms with Gasteiger partial charge in [0.2, 0.25) is 5.91 Å². The van der Waals surface area contributed by atoms with Crippen molar-refractivity contribution in [3.8, 4) is 5.75 Å². The normalized spacial score (nSPS) is 30.9. The molecule has 2 aliphatic carbocycles. The van der Waals surface area contributed by atoms with E-state index in [-0.39, 0.29) is 23.9 Å². The fraction of sp³-hybridized carbons (Fsp3) is 0.630. The number of carbonyl (C=O) groups excluding carboxylic acids is 1.